The van der Waals surface area contributed by atoms with Crippen LogP contribution in [0.25, 0.3) is 22.1 Å². The van der Waals surface area contributed by atoms with Crippen LogP contribution in [0.15, 0.2) is 56.8 Å². The van der Waals surface area contributed by atoms with Gasteiger partial charge in [0.2, 0.25) is 5.69 Å². The number of hydrogen-bond donors (Lipinski definition) is 0. The summed E-state index contributed by atoms with van der Waals surface area (Å²) in [6, 6.07) is 12.5. The molecule has 2 aromatic carbocycles. The smallest absolute Gasteiger partial charge is 0.362 e. The number of fused-ring (bicyclic) bond motifs is 2. The second-order valence-electron chi connectivity index (χ2n) is 7.12. The van der Waals surface area contributed by atoms with E-state index in [2.05, 4.69) is 4.98 Å². The quantitative estimate of drug-likeness (QED) is 0.279. The molecule has 4 rings (SSSR count). The third kappa shape index (κ3) is 3.33. The maximum absolute atomic E-state index is 13.2. The van der Waals surface area contributed by atoms with Gasteiger partial charge in [0.05, 0.1) is 35.2 Å². The van der Waals surface area contributed by atoms with Gasteiger partial charge >= 0.3 is 17.1 Å². The third-order valence-corrected chi connectivity index (χ3v) is 5.21. The lowest BCUT2D eigenvalue weighted by atomic mass is 10.2. The maximum Gasteiger partial charge on any atom is 0.362 e. The van der Waals surface area contributed by atoms with Crippen LogP contribution in [0, 0.1) is 0 Å². The molecule has 0 aliphatic carbocycles. The first-order valence-corrected chi connectivity index (χ1v) is 9.68. The Labute approximate surface area is 175 Å². The molecule has 0 aliphatic heterocycles. The van der Waals surface area contributed by atoms with E-state index in [4.69, 9.17) is 4.74 Å². The largest absolute Gasteiger partial charge is 0.461 e. The van der Waals surface area contributed by atoms with E-state index >= 15 is 0 Å². The zero-order valence-electron chi connectivity index (χ0n) is 17.3. The van der Waals surface area contributed by atoms with Gasteiger partial charge in [0.15, 0.2) is 0 Å². The highest BCUT2D eigenvalue weighted by Gasteiger charge is 2.20. The maximum atomic E-state index is 13.2. The molecule has 0 spiro atoms. The Kier molecular flexibility index (Phi) is 5.02. The van der Waals surface area contributed by atoms with Gasteiger partial charge < -0.3 is 18.4 Å². The number of rotatable bonds is 4. The van der Waals surface area contributed by atoms with E-state index in [0.717, 1.165) is 5.56 Å². The van der Waals surface area contributed by atoms with Crippen LogP contribution in [-0.2, 0) is 25.4 Å². The molecule has 158 valence electrons. The summed E-state index contributed by atoms with van der Waals surface area (Å²) in [7, 11) is 2.99. The van der Waals surface area contributed by atoms with Gasteiger partial charge in [-0.1, -0.05) is 30.3 Å². The van der Waals surface area contributed by atoms with E-state index in [1.807, 2.05) is 30.3 Å². The number of benzene rings is 2. The van der Waals surface area contributed by atoms with Crippen LogP contribution in [0.4, 0.5) is 0 Å². The van der Waals surface area contributed by atoms with Crippen LogP contribution in [0.2, 0.25) is 0 Å². The fraction of sp³-hybridized carbons (Fsp3) is 0.227. The van der Waals surface area contributed by atoms with E-state index in [-0.39, 0.29) is 18.8 Å². The fourth-order valence-corrected chi connectivity index (χ4v) is 3.56. The summed E-state index contributed by atoms with van der Waals surface area (Å²) in [5, 5.41) is 0. The number of aromatic nitrogens is 4. The molecule has 0 radical (unpaired) electrons. The molecule has 0 saturated carbocycles. The van der Waals surface area contributed by atoms with E-state index in [9.17, 15) is 19.2 Å². The first-order chi connectivity index (χ1) is 14.8. The fourth-order valence-electron chi connectivity index (χ4n) is 3.56. The highest BCUT2D eigenvalue weighted by molar-refractivity contribution is 5.94. The van der Waals surface area contributed by atoms with Gasteiger partial charge in [0.25, 0.3) is 5.56 Å². The van der Waals surface area contributed by atoms with Crippen molar-refractivity contribution in [1.82, 2.24) is 18.7 Å². The Hall–Kier alpha value is -4.01. The van der Waals surface area contributed by atoms with Crippen molar-refractivity contribution in [3.05, 3.63) is 84.8 Å². The molecular formula is C22H20N4O5. The predicted molar refractivity (Wildman–Crippen MR) is 115 cm³/mol. The number of carbonyl (C=O) groups excluding carboxylic acids is 1. The average Bonchev–Trinajstić information content (AvgIpc) is 2.78. The zero-order valence-corrected chi connectivity index (χ0v) is 17.3. The summed E-state index contributed by atoms with van der Waals surface area (Å²) in [4.78, 5) is 54.4. The molecule has 0 aliphatic rings. The van der Waals surface area contributed by atoms with Crippen molar-refractivity contribution >= 4 is 28.0 Å². The van der Waals surface area contributed by atoms with Crippen molar-refractivity contribution in [3.63, 3.8) is 0 Å². The molecule has 9 heteroatoms. The molecule has 0 atom stereocenters. The summed E-state index contributed by atoms with van der Waals surface area (Å²) in [6.45, 7) is 1.94. The highest BCUT2D eigenvalue weighted by Crippen LogP contribution is 2.20. The highest BCUT2D eigenvalue weighted by atomic mass is 16.5. The van der Waals surface area contributed by atoms with Gasteiger partial charge in [0.1, 0.15) is 0 Å². The Morgan fingerprint density at radius 3 is 2.13 bits per heavy atom. The Balaban J connectivity index is 2.12. The molecule has 4 aromatic rings. The van der Waals surface area contributed by atoms with Gasteiger partial charge in [0, 0.05) is 14.1 Å². The molecule has 0 N–H and O–H groups in total. The van der Waals surface area contributed by atoms with Gasteiger partial charge in [-0.3, -0.25) is 14.4 Å². The molecule has 2 heterocycles. The summed E-state index contributed by atoms with van der Waals surface area (Å²) < 4.78 is 8.92. The van der Waals surface area contributed by atoms with Crippen LogP contribution < -0.4 is 16.7 Å². The van der Waals surface area contributed by atoms with Crippen molar-refractivity contribution in [2.45, 2.75) is 13.5 Å². The molecule has 0 amide bonds. The standard InChI is InChI=1S/C22H20N4O5/c1-4-31-22(30)18-19(27)26(12-13-8-6-5-7-9-13)15-11-17-16(10-14(15)23-18)24(2)20(28)21(29)25(17)3/h5-11H,4,12H2,1-3H3. The minimum Gasteiger partial charge on any atom is -0.461 e. The van der Waals surface area contributed by atoms with E-state index < -0.39 is 22.6 Å². The number of aryl methyl sites for hydroxylation is 2. The molecule has 0 saturated heterocycles. The first-order valence-electron chi connectivity index (χ1n) is 9.68. The molecule has 0 fully saturated rings. The van der Waals surface area contributed by atoms with E-state index in [1.54, 1.807) is 19.1 Å². The number of ether oxygens (including phenoxy) is 1. The van der Waals surface area contributed by atoms with E-state index in [0.29, 0.717) is 22.1 Å². The average molecular weight is 420 g/mol. The topological polar surface area (TPSA) is 105 Å². The lowest BCUT2D eigenvalue weighted by Crippen LogP contribution is -2.39. The number of esters is 1. The third-order valence-electron chi connectivity index (χ3n) is 5.21. The molecule has 2 aromatic heterocycles. The normalized spacial score (nSPS) is 11.2. The second kappa shape index (κ2) is 7.67. The number of hydrogen-bond acceptors (Lipinski definition) is 6. The summed E-state index contributed by atoms with van der Waals surface area (Å²) in [6.07, 6.45) is 0. The van der Waals surface area contributed by atoms with Crippen molar-refractivity contribution in [2.75, 3.05) is 6.61 Å². The van der Waals surface area contributed by atoms with Crippen LogP contribution in [0.3, 0.4) is 0 Å². The monoisotopic (exact) mass is 420 g/mol. The second-order valence-corrected chi connectivity index (χ2v) is 7.12. The first kappa shape index (κ1) is 20.3. The van der Waals surface area contributed by atoms with Crippen molar-refractivity contribution < 1.29 is 9.53 Å². The molecule has 0 bridgehead atoms. The number of carbonyl (C=O) groups is 1. The minimum atomic E-state index is -0.814. The van der Waals surface area contributed by atoms with Crippen molar-refractivity contribution in [3.8, 4) is 0 Å². The van der Waals surface area contributed by atoms with Crippen molar-refractivity contribution in [1.29, 1.82) is 0 Å². The lowest BCUT2D eigenvalue weighted by molar-refractivity contribution is 0.0517. The zero-order chi connectivity index (χ0) is 22.3. The van der Waals surface area contributed by atoms with Crippen LogP contribution in [0.5, 0.6) is 0 Å². The Morgan fingerprint density at radius 1 is 0.903 bits per heavy atom. The van der Waals surface area contributed by atoms with Gasteiger partial charge in [-0.25, -0.2) is 9.78 Å². The number of nitrogens with zero attached hydrogens (tertiary/aromatic N) is 4. The van der Waals surface area contributed by atoms with Crippen LogP contribution in [0.1, 0.15) is 23.0 Å². The van der Waals surface area contributed by atoms with Crippen LogP contribution in [-0.4, -0.2) is 31.3 Å². The summed E-state index contributed by atoms with van der Waals surface area (Å²) in [5.41, 5.74) is 0.242. The minimum absolute atomic E-state index is 0.102. The van der Waals surface area contributed by atoms with E-state index in [1.165, 1.54) is 27.8 Å². The molecular weight excluding hydrogens is 400 g/mol. The Morgan fingerprint density at radius 2 is 1.52 bits per heavy atom. The molecule has 9 nitrogen and oxygen atoms in total. The lowest BCUT2D eigenvalue weighted by Gasteiger charge is -2.15. The molecule has 0 unspecified atom stereocenters. The SMILES string of the molecule is CCOC(=O)c1nc2cc3c(cc2n(Cc2ccccc2)c1=O)n(C)c(=O)c(=O)n3C. The van der Waals surface area contributed by atoms with Gasteiger partial charge in [-0.15, -0.1) is 0 Å². The van der Waals surface area contributed by atoms with Crippen molar-refractivity contribution in [2.24, 2.45) is 14.1 Å². The predicted octanol–water partition coefficient (Wildman–Crippen LogP) is 1.17. The Bertz CT molecular complexity index is 1510. The molecule has 31 heavy (non-hydrogen) atoms. The summed E-state index contributed by atoms with van der Waals surface area (Å²) in [5.74, 6) is -0.814. The van der Waals surface area contributed by atoms with Crippen LogP contribution >= 0.6 is 0 Å². The van der Waals surface area contributed by atoms with Gasteiger partial charge in [-0.2, -0.15) is 0 Å². The summed E-state index contributed by atoms with van der Waals surface area (Å²) >= 11 is 0. The van der Waals surface area contributed by atoms with Gasteiger partial charge in [-0.05, 0) is 24.6 Å².